The van der Waals surface area contributed by atoms with Crippen LogP contribution in [0, 0.1) is 5.92 Å². The number of methoxy groups -OCH3 is 1. The molecule has 1 aromatic carbocycles. The quantitative estimate of drug-likeness (QED) is 0.801. The van der Waals surface area contributed by atoms with Gasteiger partial charge in [0.1, 0.15) is 5.75 Å². The number of nitrogens with two attached hydrogens (primary N) is 1. The standard InChI is InChI=1S/C14H23NO/c1-4-11(2)14(15)10-7-12-5-8-13(16-3)9-6-12/h5-6,8-9,11,14H,4,7,10,15H2,1-3H3. The highest BCUT2D eigenvalue weighted by Crippen LogP contribution is 2.15. The second kappa shape index (κ2) is 6.54. The third kappa shape index (κ3) is 3.86. The van der Waals surface area contributed by atoms with Gasteiger partial charge in [-0.3, -0.25) is 0 Å². The zero-order chi connectivity index (χ0) is 12.0. The smallest absolute Gasteiger partial charge is 0.118 e. The van der Waals surface area contributed by atoms with Crippen LogP contribution in [0.25, 0.3) is 0 Å². The minimum Gasteiger partial charge on any atom is -0.497 e. The van der Waals surface area contributed by atoms with E-state index in [-0.39, 0.29) is 0 Å². The van der Waals surface area contributed by atoms with Crippen molar-refractivity contribution < 1.29 is 4.74 Å². The van der Waals surface area contributed by atoms with E-state index in [4.69, 9.17) is 10.5 Å². The van der Waals surface area contributed by atoms with Crippen molar-refractivity contribution in [2.45, 2.75) is 39.2 Å². The molecule has 0 aliphatic carbocycles. The highest BCUT2D eigenvalue weighted by molar-refractivity contribution is 5.27. The van der Waals surface area contributed by atoms with E-state index in [0.717, 1.165) is 25.0 Å². The second-order valence-corrected chi connectivity index (χ2v) is 4.44. The number of benzene rings is 1. The van der Waals surface area contributed by atoms with Crippen molar-refractivity contribution in [1.82, 2.24) is 0 Å². The van der Waals surface area contributed by atoms with Gasteiger partial charge in [0.15, 0.2) is 0 Å². The molecule has 0 spiro atoms. The molecule has 2 atom stereocenters. The topological polar surface area (TPSA) is 35.2 Å². The molecule has 90 valence electrons. The van der Waals surface area contributed by atoms with Gasteiger partial charge in [0, 0.05) is 6.04 Å². The van der Waals surface area contributed by atoms with Gasteiger partial charge in [-0.25, -0.2) is 0 Å². The number of aryl methyl sites for hydroxylation is 1. The van der Waals surface area contributed by atoms with E-state index in [1.165, 1.54) is 5.56 Å². The molecule has 2 nitrogen and oxygen atoms in total. The molecular formula is C14H23NO. The Morgan fingerprint density at radius 2 is 1.88 bits per heavy atom. The number of hydrogen-bond acceptors (Lipinski definition) is 2. The minimum atomic E-state index is 0.312. The average molecular weight is 221 g/mol. The van der Waals surface area contributed by atoms with E-state index in [2.05, 4.69) is 26.0 Å². The molecule has 0 saturated heterocycles. The molecule has 0 aromatic heterocycles. The molecule has 1 aromatic rings. The Balaban J connectivity index is 2.42. The Labute approximate surface area is 98.8 Å². The van der Waals surface area contributed by atoms with Crippen LogP contribution in [0.2, 0.25) is 0 Å². The minimum absolute atomic E-state index is 0.312. The molecule has 0 saturated carbocycles. The van der Waals surface area contributed by atoms with Crippen LogP contribution in [0.3, 0.4) is 0 Å². The van der Waals surface area contributed by atoms with Gasteiger partial charge in [-0.1, -0.05) is 32.4 Å². The highest BCUT2D eigenvalue weighted by Gasteiger charge is 2.10. The first-order valence-corrected chi connectivity index (χ1v) is 6.05. The number of hydrogen-bond donors (Lipinski definition) is 1. The summed E-state index contributed by atoms with van der Waals surface area (Å²) in [7, 11) is 1.69. The summed E-state index contributed by atoms with van der Waals surface area (Å²) in [6.45, 7) is 4.41. The molecule has 2 N–H and O–H groups in total. The molecule has 2 unspecified atom stereocenters. The lowest BCUT2D eigenvalue weighted by Gasteiger charge is -2.18. The Kier molecular flexibility index (Phi) is 5.33. The fourth-order valence-electron chi connectivity index (χ4n) is 1.71. The maximum atomic E-state index is 6.11. The van der Waals surface area contributed by atoms with Crippen LogP contribution >= 0.6 is 0 Å². The first-order chi connectivity index (χ1) is 7.67. The number of rotatable bonds is 6. The van der Waals surface area contributed by atoms with Crippen molar-refractivity contribution in [2.75, 3.05) is 7.11 Å². The lowest BCUT2D eigenvalue weighted by atomic mass is 9.94. The third-order valence-electron chi connectivity index (χ3n) is 3.30. The molecular weight excluding hydrogens is 198 g/mol. The zero-order valence-corrected chi connectivity index (χ0v) is 10.6. The van der Waals surface area contributed by atoms with E-state index in [1.54, 1.807) is 7.11 Å². The fourth-order valence-corrected chi connectivity index (χ4v) is 1.71. The molecule has 0 bridgehead atoms. The normalized spacial score (nSPS) is 14.5. The molecule has 0 aliphatic heterocycles. The molecule has 0 fully saturated rings. The van der Waals surface area contributed by atoms with Crippen LogP contribution in [0.4, 0.5) is 0 Å². The summed E-state index contributed by atoms with van der Waals surface area (Å²) >= 11 is 0. The van der Waals surface area contributed by atoms with E-state index >= 15 is 0 Å². The molecule has 2 heteroatoms. The molecule has 0 heterocycles. The van der Waals surface area contributed by atoms with Crippen molar-refractivity contribution in [3.8, 4) is 5.75 Å². The molecule has 16 heavy (non-hydrogen) atoms. The Bertz CT molecular complexity index is 294. The second-order valence-electron chi connectivity index (χ2n) is 4.44. The van der Waals surface area contributed by atoms with Crippen LogP contribution in [0.5, 0.6) is 5.75 Å². The summed E-state index contributed by atoms with van der Waals surface area (Å²) in [5.74, 6) is 1.52. The van der Waals surface area contributed by atoms with Crippen LogP contribution in [0.15, 0.2) is 24.3 Å². The Hall–Kier alpha value is -1.02. The molecule has 0 amide bonds. The van der Waals surface area contributed by atoms with Crippen molar-refractivity contribution in [2.24, 2.45) is 11.7 Å². The van der Waals surface area contributed by atoms with Gasteiger partial charge in [0.25, 0.3) is 0 Å². The summed E-state index contributed by atoms with van der Waals surface area (Å²) in [4.78, 5) is 0. The van der Waals surface area contributed by atoms with E-state index in [1.807, 2.05) is 12.1 Å². The van der Waals surface area contributed by atoms with Crippen LogP contribution in [0.1, 0.15) is 32.3 Å². The first-order valence-electron chi connectivity index (χ1n) is 6.05. The monoisotopic (exact) mass is 221 g/mol. The summed E-state index contributed by atoms with van der Waals surface area (Å²) in [6, 6.07) is 8.55. The highest BCUT2D eigenvalue weighted by atomic mass is 16.5. The van der Waals surface area contributed by atoms with Gasteiger partial charge in [0.05, 0.1) is 7.11 Å². The van der Waals surface area contributed by atoms with E-state index in [9.17, 15) is 0 Å². The zero-order valence-electron chi connectivity index (χ0n) is 10.6. The number of ether oxygens (including phenoxy) is 1. The summed E-state index contributed by atoms with van der Waals surface area (Å²) < 4.78 is 5.13. The van der Waals surface area contributed by atoms with Crippen molar-refractivity contribution in [1.29, 1.82) is 0 Å². The maximum Gasteiger partial charge on any atom is 0.118 e. The van der Waals surface area contributed by atoms with Gasteiger partial charge in [-0.2, -0.15) is 0 Å². The predicted molar refractivity (Wildman–Crippen MR) is 68.7 cm³/mol. The van der Waals surface area contributed by atoms with Crippen LogP contribution < -0.4 is 10.5 Å². The Morgan fingerprint density at radius 1 is 1.25 bits per heavy atom. The summed E-state index contributed by atoms with van der Waals surface area (Å²) in [6.07, 6.45) is 3.26. The van der Waals surface area contributed by atoms with Gasteiger partial charge < -0.3 is 10.5 Å². The largest absolute Gasteiger partial charge is 0.497 e. The SMILES string of the molecule is CCC(C)C(N)CCc1ccc(OC)cc1. The van der Waals surface area contributed by atoms with Crippen molar-refractivity contribution in [3.05, 3.63) is 29.8 Å². The Morgan fingerprint density at radius 3 is 2.38 bits per heavy atom. The van der Waals surface area contributed by atoms with E-state index < -0.39 is 0 Å². The first kappa shape index (κ1) is 13.0. The van der Waals surface area contributed by atoms with Crippen LogP contribution in [-0.2, 0) is 6.42 Å². The van der Waals surface area contributed by atoms with Gasteiger partial charge >= 0.3 is 0 Å². The third-order valence-corrected chi connectivity index (χ3v) is 3.30. The van der Waals surface area contributed by atoms with Gasteiger partial charge in [0.2, 0.25) is 0 Å². The molecule has 0 radical (unpaired) electrons. The summed E-state index contributed by atoms with van der Waals surface area (Å²) in [5, 5.41) is 0. The summed E-state index contributed by atoms with van der Waals surface area (Å²) in [5.41, 5.74) is 7.44. The van der Waals surface area contributed by atoms with Crippen molar-refractivity contribution >= 4 is 0 Å². The maximum absolute atomic E-state index is 6.11. The van der Waals surface area contributed by atoms with Crippen molar-refractivity contribution in [3.63, 3.8) is 0 Å². The molecule has 0 aliphatic rings. The lowest BCUT2D eigenvalue weighted by molar-refractivity contribution is 0.413. The fraction of sp³-hybridized carbons (Fsp3) is 0.571. The van der Waals surface area contributed by atoms with E-state index in [0.29, 0.717) is 12.0 Å². The lowest BCUT2D eigenvalue weighted by Crippen LogP contribution is -2.28. The predicted octanol–water partition coefficient (Wildman–Crippen LogP) is 3.00. The van der Waals surface area contributed by atoms with Crippen LogP contribution in [-0.4, -0.2) is 13.2 Å². The average Bonchev–Trinajstić information content (AvgIpc) is 2.35. The van der Waals surface area contributed by atoms with Gasteiger partial charge in [-0.15, -0.1) is 0 Å². The van der Waals surface area contributed by atoms with Gasteiger partial charge in [-0.05, 0) is 36.5 Å². The molecule has 1 rings (SSSR count).